The minimum Gasteiger partial charge on any atom is -0.481 e. The summed E-state index contributed by atoms with van der Waals surface area (Å²) in [5.74, 6) is 2.49. The third kappa shape index (κ3) is 3.68. The molecule has 0 spiro atoms. The van der Waals surface area contributed by atoms with Crippen molar-refractivity contribution in [2.24, 2.45) is 11.8 Å². The first-order valence-electron chi connectivity index (χ1n) is 5.66. The molecule has 1 rings (SSSR count). The van der Waals surface area contributed by atoms with Crippen LogP contribution < -0.4 is 10.1 Å². The molecular formula is C12H21N3O. The van der Waals surface area contributed by atoms with Crippen LogP contribution in [0.4, 0.5) is 5.95 Å². The molecule has 16 heavy (non-hydrogen) atoms. The van der Waals surface area contributed by atoms with Crippen molar-refractivity contribution in [3.05, 3.63) is 11.8 Å². The number of nitrogens with one attached hydrogen (secondary N) is 1. The summed E-state index contributed by atoms with van der Waals surface area (Å²) >= 11 is 0. The van der Waals surface area contributed by atoms with Gasteiger partial charge in [0.2, 0.25) is 11.8 Å². The standard InChI is InChI=1S/C12H21N3O/c1-8(2)9(3)7-13-12-14-10(4)6-11(15-12)16-5/h6,8-9H,7H2,1-5H3,(H,13,14,15). The predicted molar refractivity (Wildman–Crippen MR) is 65.8 cm³/mol. The van der Waals surface area contributed by atoms with Gasteiger partial charge in [-0.1, -0.05) is 20.8 Å². The first-order chi connectivity index (χ1) is 7.52. The molecule has 0 aromatic carbocycles. The summed E-state index contributed by atoms with van der Waals surface area (Å²) in [5.41, 5.74) is 0.909. The minimum absolute atomic E-state index is 0.593. The van der Waals surface area contributed by atoms with Crippen LogP contribution in [0.25, 0.3) is 0 Å². The van der Waals surface area contributed by atoms with Gasteiger partial charge in [-0.2, -0.15) is 4.98 Å². The molecule has 1 aromatic heterocycles. The Labute approximate surface area is 97.5 Å². The molecule has 4 nitrogen and oxygen atoms in total. The van der Waals surface area contributed by atoms with Crippen LogP contribution in [0.3, 0.4) is 0 Å². The molecule has 1 heterocycles. The quantitative estimate of drug-likeness (QED) is 0.833. The smallest absolute Gasteiger partial charge is 0.226 e. The lowest BCUT2D eigenvalue weighted by molar-refractivity contribution is 0.396. The normalized spacial score (nSPS) is 12.6. The van der Waals surface area contributed by atoms with E-state index in [4.69, 9.17) is 4.74 Å². The van der Waals surface area contributed by atoms with Gasteiger partial charge in [0.25, 0.3) is 0 Å². The van der Waals surface area contributed by atoms with Gasteiger partial charge in [-0.3, -0.25) is 0 Å². The molecule has 0 bridgehead atoms. The van der Waals surface area contributed by atoms with Gasteiger partial charge in [0.05, 0.1) is 7.11 Å². The average molecular weight is 223 g/mol. The van der Waals surface area contributed by atoms with Gasteiger partial charge < -0.3 is 10.1 Å². The number of hydrogen-bond acceptors (Lipinski definition) is 4. The van der Waals surface area contributed by atoms with Crippen LogP contribution in [0.1, 0.15) is 26.5 Å². The largest absolute Gasteiger partial charge is 0.481 e. The molecule has 1 atom stereocenters. The van der Waals surface area contributed by atoms with Gasteiger partial charge >= 0.3 is 0 Å². The first kappa shape index (κ1) is 12.7. The van der Waals surface area contributed by atoms with Crippen LogP contribution >= 0.6 is 0 Å². The van der Waals surface area contributed by atoms with E-state index in [9.17, 15) is 0 Å². The highest BCUT2D eigenvalue weighted by molar-refractivity contribution is 5.30. The zero-order valence-corrected chi connectivity index (χ0v) is 10.7. The Bertz CT molecular complexity index is 339. The van der Waals surface area contributed by atoms with Crippen molar-refractivity contribution in [2.45, 2.75) is 27.7 Å². The number of hydrogen-bond donors (Lipinski definition) is 1. The van der Waals surface area contributed by atoms with Crippen molar-refractivity contribution in [3.8, 4) is 5.88 Å². The van der Waals surface area contributed by atoms with Crippen molar-refractivity contribution >= 4 is 5.95 Å². The number of aryl methyl sites for hydroxylation is 1. The van der Waals surface area contributed by atoms with E-state index in [1.807, 2.05) is 13.0 Å². The van der Waals surface area contributed by atoms with Crippen molar-refractivity contribution in [2.75, 3.05) is 19.0 Å². The number of anilines is 1. The van der Waals surface area contributed by atoms with E-state index in [2.05, 4.69) is 36.1 Å². The topological polar surface area (TPSA) is 47.0 Å². The van der Waals surface area contributed by atoms with Crippen molar-refractivity contribution in [1.29, 1.82) is 0 Å². The van der Waals surface area contributed by atoms with Gasteiger partial charge in [-0.05, 0) is 18.8 Å². The highest BCUT2D eigenvalue weighted by Gasteiger charge is 2.08. The molecule has 0 aliphatic carbocycles. The number of ether oxygens (including phenoxy) is 1. The maximum Gasteiger partial charge on any atom is 0.226 e. The number of methoxy groups -OCH3 is 1. The Morgan fingerprint density at radius 3 is 2.56 bits per heavy atom. The van der Waals surface area contributed by atoms with Crippen LogP contribution in [0.2, 0.25) is 0 Å². The summed E-state index contributed by atoms with van der Waals surface area (Å²) in [5, 5.41) is 3.24. The Balaban J connectivity index is 2.63. The van der Waals surface area contributed by atoms with E-state index < -0.39 is 0 Å². The lowest BCUT2D eigenvalue weighted by Crippen LogP contribution is -2.17. The molecule has 0 saturated heterocycles. The maximum absolute atomic E-state index is 5.10. The SMILES string of the molecule is COc1cc(C)nc(NCC(C)C(C)C)n1. The molecule has 1 N–H and O–H groups in total. The second-order valence-electron chi connectivity index (χ2n) is 4.48. The zero-order valence-electron chi connectivity index (χ0n) is 10.7. The molecule has 0 aliphatic heterocycles. The van der Waals surface area contributed by atoms with Crippen LogP contribution in [-0.2, 0) is 0 Å². The van der Waals surface area contributed by atoms with Crippen molar-refractivity contribution in [3.63, 3.8) is 0 Å². The van der Waals surface area contributed by atoms with E-state index in [1.165, 1.54) is 0 Å². The average Bonchev–Trinajstić information content (AvgIpc) is 2.24. The molecule has 0 amide bonds. The summed E-state index contributed by atoms with van der Waals surface area (Å²) in [6, 6.07) is 1.82. The van der Waals surface area contributed by atoms with Gasteiger partial charge in [0.15, 0.2) is 0 Å². The van der Waals surface area contributed by atoms with E-state index in [1.54, 1.807) is 7.11 Å². The molecule has 0 radical (unpaired) electrons. The second-order valence-corrected chi connectivity index (χ2v) is 4.48. The minimum atomic E-state index is 0.593. The Kier molecular flexibility index (Phi) is 4.52. The first-order valence-corrected chi connectivity index (χ1v) is 5.66. The predicted octanol–water partition coefficient (Wildman–Crippen LogP) is 2.50. The third-order valence-electron chi connectivity index (χ3n) is 2.76. The Hall–Kier alpha value is -1.32. The summed E-state index contributed by atoms with van der Waals surface area (Å²) in [6.45, 7) is 9.45. The van der Waals surface area contributed by atoms with Crippen LogP contribution in [0.5, 0.6) is 5.88 Å². The van der Waals surface area contributed by atoms with E-state index >= 15 is 0 Å². The van der Waals surface area contributed by atoms with Crippen LogP contribution in [0.15, 0.2) is 6.07 Å². The van der Waals surface area contributed by atoms with Gasteiger partial charge in [-0.25, -0.2) is 4.98 Å². The van der Waals surface area contributed by atoms with Gasteiger partial charge in [0, 0.05) is 18.3 Å². The molecule has 90 valence electrons. The fourth-order valence-electron chi connectivity index (χ4n) is 1.21. The van der Waals surface area contributed by atoms with E-state index in [0.29, 0.717) is 23.7 Å². The number of rotatable bonds is 5. The second kappa shape index (κ2) is 5.68. The molecule has 1 unspecified atom stereocenters. The van der Waals surface area contributed by atoms with Gasteiger partial charge in [0.1, 0.15) is 0 Å². The molecule has 4 heteroatoms. The zero-order chi connectivity index (χ0) is 12.1. The lowest BCUT2D eigenvalue weighted by Gasteiger charge is -2.16. The maximum atomic E-state index is 5.10. The van der Waals surface area contributed by atoms with Crippen LogP contribution in [0, 0.1) is 18.8 Å². The monoisotopic (exact) mass is 223 g/mol. The number of aromatic nitrogens is 2. The van der Waals surface area contributed by atoms with Crippen LogP contribution in [-0.4, -0.2) is 23.6 Å². The Morgan fingerprint density at radius 2 is 2.00 bits per heavy atom. The summed E-state index contributed by atoms with van der Waals surface area (Å²) in [4.78, 5) is 8.55. The molecule has 0 aliphatic rings. The van der Waals surface area contributed by atoms with Crippen molar-refractivity contribution in [1.82, 2.24) is 9.97 Å². The van der Waals surface area contributed by atoms with E-state index in [0.717, 1.165) is 12.2 Å². The molecule has 1 aromatic rings. The molecule has 0 fully saturated rings. The Morgan fingerprint density at radius 1 is 1.31 bits per heavy atom. The molecule has 0 saturated carbocycles. The number of nitrogens with zero attached hydrogens (tertiary/aromatic N) is 2. The highest BCUT2D eigenvalue weighted by atomic mass is 16.5. The van der Waals surface area contributed by atoms with Crippen molar-refractivity contribution < 1.29 is 4.74 Å². The lowest BCUT2D eigenvalue weighted by atomic mass is 9.98. The fraction of sp³-hybridized carbons (Fsp3) is 0.667. The summed E-state index contributed by atoms with van der Waals surface area (Å²) in [6.07, 6.45) is 0. The third-order valence-corrected chi connectivity index (χ3v) is 2.76. The highest BCUT2D eigenvalue weighted by Crippen LogP contribution is 2.13. The fourth-order valence-corrected chi connectivity index (χ4v) is 1.21. The summed E-state index contributed by atoms with van der Waals surface area (Å²) < 4.78 is 5.10. The van der Waals surface area contributed by atoms with Gasteiger partial charge in [-0.15, -0.1) is 0 Å². The molecular weight excluding hydrogens is 202 g/mol. The van der Waals surface area contributed by atoms with E-state index in [-0.39, 0.29) is 0 Å². The summed E-state index contributed by atoms with van der Waals surface area (Å²) in [7, 11) is 1.61.